The third kappa shape index (κ3) is 3.05. The average molecular weight is 288 g/mol. The Morgan fingerprint density at radius 3 is 2.80 bits per heavy atom. The standard InChI is InChI=1S/C12H18BrNS/c1-8(2)9-3-11(4-9)14-6-12-5-10(13)7-15-12/h5,7-9,11,14H,3-4,6H2,1-2H3. The van der Waals surface area contributed by atoms with Crippen molar-refractivity contribution in [3.63, 3.8) is 0 Å². The maximum absolute atomic E-state index is 3.62. The lowest BCUT2D eigenvalue weighted by Crippen LogP contribution is -2.42. The monoisotopic (exact) mass is 287 g/mol. The van der Waals surface area contributed by atoms with Gasteiger partial charge in [0.05, 0.1) is 0 Å². The van der Waals surface area contributed by atoms with Gasteiger partial charge in [0.2, 0.25) is 0 Å². The first-order valence-corrected chi connectivity index (χ1v) is 7.28. The van der Waals surface area contributed by atoms with Crippen LogP contribution in [-0.2, 0) is 6.54 Å². The van der Waals surface area contributed by atoms with Crippen molar-refractivity contribution in [1.82, 2.24) is 5.32 Å². The summed E-state index contributed by atoms with van der Waals surface area (Å²) in [6.45, 7) is 5.69. The Balaban J connectivity index is 1.68. The summed E-state index contributed by atoms with van der Waals surface area (Å²) >= 11 is 5.31. The van der Waals surface area contributed by atoms with Gasteiger partial charge in [0.15, 0.2) is 0 Å². The summed E-state index contributed by atoms with van der Waals surface area (Å²) in [6.07, 6.45) is 2.73. The van der Waals surface area contributed by atoms with Crippen molar-refractivity contribution in [1.29, 1.82) is 0 Å². The summed E-state index contributed by atoms with van der Waals surface area (Å²) in [5, 5.41) is 5.77. The van der Waals surface area contributed by atoms with Crippen LogP contribution in [0.15, 0.2) is 15.9 Å². The maximum atomic E-state index is 3.62. The van der Waals surface area contributed by atoms with Crippen molar-refractivity contribution in [3.05, 3.63) is 20.8 Å². The molecule has 0 radical (unpaired) electrons. The first-order chi connectivity index (χ1) is 7.15. The highest BCUT2D eigenvalue weighted by Crippen LogP contribution is 2.33. The summed E-state index contributed by atoms with van der Waals surface area (Å²) in [6, 6.07) is 2.97. The highest BCUT2D eigenvalue weighted by Gasteiger charge is 2.30. The second-order valence-corrected chi connectivity index (χ2v) is 6.70. The fourth-order valence-electron chi connectivity index (χ4n) is 2.06. The Labute approximate surface area is 104 Å². The lowest BCUT2D eigenvalue weighted by Gasteiger charge is -2.38. The average Bonchev–Trinajstić information content (AvgIpc) is 2.48. The van der Waals surface area contributed by atoms with Gasteiger partial charge in [-0.1, -0.05) is 13.8 Å². The van der Waals surface area contributed by atoms with E-state index in [0.717, 1.165) is 24.4 Å². The Hall–Kier alpha value is 0.140. The maximum Gasteiger partial charge on any atom is 0.0302 e. The van der Waals surface area contributed by atoms with Crippen LogP contribution < -0.4 is 5.32 Å². The van der Waals surface area contributed by atoms with Crippen molar-refractivity contribution < 1.29 is 0 Å². The fourth-order valence-corrected chi connectivity index (χ4v) is 3.47. The van der Waals surface area contributed by atoms with Crippen LogP contribution in [0.3, 0.4) is 0 Å². The molecule has 0 spiro atoms. The highest BCUT2D eigenvalue weighted by molar-refractivity contribution is 9.10. The number of thiophene rings is 1. The molecule has 0 aromatic carbocycles. The van der Waals surface area contributed by atoms with Crippen molar-refractivity contribution >= 4 is 27.3 Å². The molecule has 1 heterocycles. The summed E-state index contributed by atoms with van der Waals surface area (Å²) in [4.78, 5) is 1.43. The zero-order chi connectivity index (χ0) is 10.8. The van der Waals surface area contributed by atoms with E-state index >= 15 is 0 Å². The van der Waals surface area contributed by atoms with E-state index < -0.39 is 0 Å². The number of nitrogens with one attached hydrogen (secondary N) is 1. The van der Waals surface area contributed by atoms with Gasteiger partial charge in [-0.25, -0.2) is 0 Å². The van der Waals surface area contributed by atoms with E-state index in [0.29, 0.717) is 0 Å². The second kappa shape index (κ2) is 4.98. The van der Waals surface area contributed by atoms with Gasteiger partial charge in [0, 0.05) is 27.3 Å². The van der Waals surface area contributed by atoms with Crippen LogP contribution in [0.4, 0.5) is 0 Å². The molecule has 0 bridgehead atoms. The minimum atomic E-state index is 0.762. The Kier molecular flexibility index (Phi) is 3.86. The van der Waals surface area contributed by atoms with E-state index in [2.05, 4.69) is 46.5 Å². The van der Waals surface area contributed by atoms with Gasteiger partial charge >= 0.3 is 0 Å². The zero-order valence-corrected chi connectivity index (χ0v) is 11.7. The topological polar surface area (TPSA) is 12.0 Å². The second-order valence-electron chi connectivity index (χ2n) is 4.78. The zero-order valence-electron chi connectivity index (χ0n) is 9.29. The molecule has 84 valence electrons. The normalized spacial score (nSPS) is 25.6. The number of rotatable bonds is 4. The molecule has 1 aromatic rings. The molecule has 1 nitrogen and oxygen atoms in total. The predicted molar refractivity (Wildman–Crippen MR) is 70.2 cm³/mol. The predicted octanol–water partition coefficient (Wildman–Crippen LogP) is 4.03. The molecule has 1 aliphatic carbocycles. The van der Waals surface area contributed by atoms with Crippen molar-refractivity contribution in [3.8, 4) is 0 Å². The molecule has 1 aliphatic rings. The van der Waals surface area contributed by atoms with Gasteiger partial charge in [-0.05, 0) is 46.7 Å². The van der Waals surface area contributed by atoms with E-state index in [-0.39, 0.29) is 0 Å². The van der Waals surface area contributed by atoms with Gasteiger partial charge in [0.25, 0.3) is 0 Å². The quantitative estimate of drug-likeness (QED) is 0.882. The molecule has 1 fully saturated rings. The molecule has 0 amide bonds. The molecule has 15 heavy (non-hydrogen) atoms. The van der Waals surface area contributed by atoms with Crippen molar-refractivity contribution in [2.24, 2.45) is 11.8 Å². The molecule has 3 heteroatoms. The molecule has 1 saturated carbocycles. The largest absolute Gasteiger partial charge is 0.309 e. The van der Waals surface area contributed by atoms with Crippen LogP contribution in [0.5, 0.6) is 0 Å². The lowest BCUT2D eigenvalue weighted by atomic mass is 9.74. The van der Waals surface area contributed by atoms with E-state index in [9.17, 15) is 0 Å². The van der Waals surface area contributed by atoms with E-state index in [1.54, 1.807) is 0 Å². The molecule has 1 N–H and O–H groups in total. The van der Waals surface area contributed by atoms with Crippen molar-refractivity contribution in [2.45, 2.75) is 39.3 Å². The van der Waals surface area contributed by atoms with E-state index in [1.165, 1.54) is 22.2 Å². The fraction of sp³-hybridized carbons (Fsp3) is 0.667. The molecule has 1 aromatic heterocycles. The third-order valence-corrected chi connectivity index (χ3v) is 5.00. The number of hydrogen-bond donors (Lipinski definition) is 1. The number of hydrogen-bond acceptors (Lipinski definition) is 2. The summed E-state index contributed by atoms with van der Waals surface area (Å²) < 4.78 is 1.21. The van der Waals surface area contributed by atoms with Crippen molar-refractivity contribution in [2.75, 3.05) is 0 Å². The van der Waals surface area contributed by atoms with Crippen LogP contribution >= 0.6 is 27.3 Å². The minimum Gasteiger partial charge on any atom is -0.309 e. The van der Waals surface area contributed by atoms with Crippen LogP contribution in [0.2, 0.25) is 0 Å². The van der Waals surface area contributed by atoms with Gasteiger partial charge in [0.1, 0.15) is 0 Å². The van der Waals surface area contributed by atoms with Crippen LogP contribution in [0.1, 0.15) is 31.6 Å². The third-order valence-electron chi connectivity index (χ3n) is 3.30. The lowest BCUT2D eigenvalue weighted by molar-refractivity contribution is 0.168. The summed E-state index contributed by atoms with van der Waals surface area (Å²) in [5.74, 6) is 1.82. The molecule has 0 aliphatic heterocycles. The molecule has 2 rings (SSSR count). The van der Waals surface area contributed by atoms with Gasteiger partial charge < -0.3 is 5.32 Å². The first kappa shape index (κ1) is 11.6. The Bertz CT molecular complexity index is 315. The molecule has 0 atom stereocenters. The van der Waals surface area contributed by atoms with Gasteiger partial charge in [-0.2, -0.15) is 0 Å². The summed E-state index contributed by atoms with van der Waals surface area (Å²) in [7, 11) is 0. The van der Waals surface area contributed by atoms with Crippen LogP contribution in [-0.4, -0.2) is 6.04 Å². The SMILES string of the molecule is CC(C)C1CC(NCc2cc(Br)cs2)C1. The van der Waals surface area contributed by atoms with Crippen LogP contribution in [0, 0.1) is 11.8 Å². The number of halogens is 1. The Morgan fingerprint density at radius 2 is 2.27 bits per heavy atom. The molecular weight excluding hydrogens is 270 g/mol. The van der Waals surface area contributed by atoms with Gasteiger partial charge in [-0.15, -0.1) is 11.3 Å². The highest BCUT2D eigenvalue weighted by atomic mass is 79.9. The first-order valence-electron chi connectivity index (χ1n) is 5.61. The van der Waals surface area contributed by atoms with Crippen LogP contribution in [0.25, 0.3) is 0 Å². The Morgan fingerprint density at radius 1 is 1.53 bits per heavy atom. The van der Waals surface area contributed by atoms with Gasteiger partial charge in [-0.3, -0.25) is 0 Å². The minimum absolute atomic E-state index is 0.762. The molecule has 0 unspecified atom stereocenters. The summed E-state index contributed by atoms with van der Waals surface area (Å²) in [5.41, 5.74) is 0. The smallest absolute Gasteiger partial charge is 0.0302 e. The van der Waals surface area contributed by atoms with E-state index in [1.807, 2.05) is 11.3 Å². The molecule has 0 saturated heterocycles. The molecular formula is C12H18BrNS. The van der Waals surface area contributed by atoms with E-state index in [4.69, 9.17) is 0 Å².